The van der Waals surface area contributed by atoms with Crippen molar-refractivity contribution in [1.29, 1.82) is 0 Å². The Morgan fingerprint density at radius 1 is 1.30 bits per heavy atom. The summed E-state index contributed by atoms with van der Waals surface area (Å²) in [5, 5.41) is 0.569. The molecule has 0 unspecified atom stereocenters. The molecule has 0 saturated heterocycles. The lowest BCUT2D eigenvalue weighted by Crippen LogP contribution is -2.02. The highest BCUT2D eigenvalue weighted by molar-refractivity contribution is 7.71. The van der Waals surface area contributed by atoms with Crippen molar-refractivity contribution < 1.29 is 4.39 Å². The monoisotopic (exact) mass is 307 g/mol. The minimum Gasteiger partial charge on any atom is -0.329 e. The summed E-state index contributed by atoms with van der Waals surface area (Å²) in [5.41, 5.74) is 2.65. The topological polar surface area (TPSA) is 33.6 Å². The van der Waals surface area contributed by atoms with Gasteiger partial charge in [-0.2, -0.15) is 0 Å². The van der Waals surface area contributed by atoms with E-state index in [2.05, 4.69) is 9.97 Å². The molecule has 0 fully saturated rings. The predicted molar refractivity (Wildman–Crippen MR) is 80.0 cm³/mol. The Morgan fingerprint density at radius 2 is 2.05 bits per heavy atom. The van der Waals surface area contributed by atoms with E-state index in [0.29, 0.717) is 16.3 Å². The Morgan fingerprint density at radius 3 is 2.80 bits per heavy atom. The molecular weight excluding hydrogens is 297 g/mol. The second kappa shape index (κ2) is 5.34. The van der Waals surface area contributed by atoms with Crippen molar-refractivity contribution in [2.45, 2.75) is 13.0 Å². The van der Waals surface area contributed by atoms with Crippen LogP contribution in [-0.4, -0.2) is 14.5 Å². The van der Waals surface area contributed by atoms with Gasteiger partial charge >= 0.3 is 0 Å². The van der Waals surface area contributed by atoms with Gasteiger partial charge in [-0.3, -0.25) is 0 Å². The fraction of sp³-hybridized carbons (Fsp3) is 0.143. The molecule has 2 aromatic heterocycles. The van der Waals surface area contributed by atoms with Crippen LogP contribution in [0.5, 0.6) is 0 Å². The van der Waals surface area contributed by atoms with Crippen LogP contribution in [0.3, 0.4) is 0 Å². The van der Waals surface area contributed by atoms with Crippen molar-refractivity contribution in [3.8, 4) is 0 Å². The van der Waals surface area contributed by atoms with Gasteiger partial charge in [-0.05, 0) is 42.4 Å². The number of imidazole rings is 1. The smallest absolute Gasteiger partial charge is 0.179 e. The first-order valence-electron chi connectivity index (χ1n) is 6.12. The summed E-state index contributed by atoms with van der Waals surface area (Å²) in [4.78, 5) is 7.39. The van der Waals surface area contributed by atoms with Gasteiger partial charge in [0.05, 0.1) is 10.5 Å². The van der Waals surface area contributed by atoms with Crippen molar-refractivity contribution in [3.63, 3.8) is 0 Å². The number of aromatic nitrogens is 3. The summed E-state index contributed by atoms with van der Waals surface area (Å²) in [6.45, 7) is 0.680. The van der Waals surface area contributed by atoms with E-state index < -0.39 is 0 Å². The summed E-state index contributed by atoms with van der Waals surface area (Å²) in [7, 11) is 0. The number of nitrogens with zero attached hydrogens (tertiary/aromatic N) is 2. The van der Waals surface area contributed by atoms with Gasteiger partial charge in [0.25, 0.3) is 0 Å². The maximum atomic E-state index is 12.9. The molecule has 0 aliphatic rings. The van der Waals surface area contributed by atoms with Gasteiger partial charge in [0.2, 0.25) is 0 Å². The van der Waals surface area contributed by atoms with Crippen molar-refractivity contribution in [3.05, 3.63) is 57.7 Å². The quantitative estimate of drug-likeness (QED) is 0.738. The molecule has 3 rings (SSSR count). The van der Waals surface area contributed by atoms with Gasteiger partial charge < -0.3 is 9.55 Å². The minimum atomic E-state index is -0.228. The van der Waals surface area contributed by atoms with Gasteiger partial charge in [-0.1, -0.05) is 23.7 Å². The number of rotatable bonds is 3. The molecule has 6 heteroatoms. The second-order valence-corrected chi connectivity index (χ2v) is 5.31. The highest BCUT2D eigenvalue weighted by atomic mass is 35.5. The third-order valence-electron chi connectivity index (χ3n) is 3.11. The zero-order valence-corrected chi connectivity index (χ0v) is 12.0. The molecule has 3 nitrogen and oxygen atoms in total. The summed E-state index contributed by atoms with van der Waals surface area (Å²) in [6, 6.07) is 8.27. The van der Waals surface area contributed by atoms with E-state index in [1.54, 1.807) is 24.4 Å². The first kappa shape index (κ1) is 13.3. The number of hydrogen-bond acceptors (Lipinski definition) is 2. The highest BCUT2D eigenvalue weighted by Gasteiger charge is 2.06. The Hall–Kier alpha value is -1.72. The minimum absolute atomic E-state index is 0.228. The average molecular weight is 308 g/mol. The van der Waals surface area contributed by atoms with E-state index >= 15 is 0 Å². The van der Waals surface area contributed by atoms with Gasteiger partial charge in [0.1, 0.15) is 5.82 Å². The van der Waals surface area contributed by atoms with Crippen molar-refractivity contribution in [2.75, 3.05) is 0 Å². The molecule has 3 aromatic rings. The Kier molecular flexibility index (Phi) is 3.54. The van der Waals surface area contributed by atoms with Gasteiger partial charge in [-0.25, -0.2) is 9.37 Å². The summed E-state index contributed by atoms with van der Waals surface area (Å²) < 4.78 is 15.4. The predicted octanol–water partition coefficient (Wildman–Crippen LogP) is 4.13. The van der Waals surface area contributed by atoms with Crippen LogP contribution in [0.1, 0.15) is 5.56 Å². The molecule has 0 saturated carbocycles. The van der Waals surface area contributed by atoms with E-state index in [1.807, 2.05) is 4.57 Å². The molecule has 1 N–H and O–H groups in total. The van der Waals surface area contributed by atoms with E-state index in [0.717, 1.165) is 23.1 Å². The fourth-order valence-electron chi connectivity index (χ4n) is 2.12. The van der Waals surface area contributed by atoms with E-state index in [4.69, 9.17) is 23.8 Å². The molecule has 1 aromatic carbocycles. The molecule has 20 heavy (non-hydrogen) atoms. The van der Waals surface area contributed by atoms with Crippen LogP contribution >= 0.6 is 23.8 Å². The van der Waals surface area contributed by atoms with Crippen LogP contribution in [0, 0.1) is 10.6 Å². The SMILES string of the molecule is Fc1ccc(CCn2c(=S)[nH]c3cc(Cl)cnc32)cc1. The first-order valence-corrected chi connectivity index (χ1v) is 6.90. The number of aromatic amines is 1. The molecule has 0 atom stereocenters. The van der Waals surface area contributed by atoms with Crippen molar-refractivity contribution in [1.82, 2.24) is 14.5 Å². The first-order chi connectivity index (χ1) is 9.63. The number of hydrogen-bond donors (Lipinski definition) is 1. The Balaban J connectivity index is 1.89. The van der Waals surface area contributed by atoms with Crippen LogP contribution in [0.4, 0.5) is 4.39 Å². The number of pyridine rings is 1. The van der Waals surface area contributed by atoms with Crippen molar-refractivity contribution in [2.24, 2.45) is 0 Å². The lowest BCUT2D eigenvalue weighted by atomic mass is 10.1. The van der Waals surface area contributed by atoms with E-state index in [9.17, 15) is 4.39 Å². The van der Waals surface area contributed by atoms with E-state index in [1.165, 1.54) is 12.1 Å². The number of benzene rings is 1. The molecule has 102 valence electrons. The van der Waals surface area contributed by atoms with Gasteiger partial charge in [0, 0.05) is 12.7 Å². The fourth-order valence-corrected chi connectivity index (χ4v) is 2.56. The molecule has 0 amide bonds. The van der Waals surface area contributed by atoms with Gasteiger partial charge in [-0.15, -0.1) is 0 Å². The number of aryl methyl sites for hydroxylation is 2. The molecule has 2 heterocycles. The van der Waals surface area contributed by atoms with Crippen LogP contribution < -0.4 is 0 Å². The number of fused-ring (bicyclic) bond motifs is 1. The van der Waals surface area contributed by atoms with Crippen LogP contribution in [-0.2, 0) is 13.0 Å². The number of H-pyrrole nitrogens is 1. The molecule has 0 spiro atoms. The largest absolute Gasteiger partial charge is 0.329 e. The lowest BCUT2D eigenvalue weighted by molar-refractivity contribution is 0.625. The summed E-state index contributed by atoms with van der Waals surface area (Å²) >= 11 is 11.2. The third-order valence-corrected chi connectivity index (χ3v) is 3.64. The van der Waals surface area contributed by atoms with Crippen LogP contribution in [0.15, 0.2) is 36.5 Å². The zero-order valence-electron chi connectivity index (χ0n) is 10.4. The highest BCUT2D eigenvalue weighted by Crippen LogP contribution is 2.17. The third kappa shape index (κ3) is 2.59. The molecule has 0 aliphatic heterocycles. The maximum Gasteiger partial charge on any atom is 0.179 e. The Labute approximate surface area is 125 Å². The maximum absolute atomic E-state index is 12.9. The molecular formula is C14H11ClFN3S. The number of halogens is 2. The summed E-state index contributed by atoms with van der Waals surface area (Å²) in [6.07, 6.45) is 2.35. The lowest BCUT2D eigenvalue weighted by Gasteiger charge is -2.04. The average Bonchev–Trinajstić information content (AvgIpc) is 2.73. The van der Waals surface area contributed by atoms with Crippen LogP contribution in [0.2, 0.25) is 5.02 Å². The standard InChI is InChI=1S/C14H11ClFN3S/c15-10-7-12-13(17-8-10)19(14(20)18-12)6-5-9-1-3-11(16)4-2-9/h1-4,7-8H,5-6H2,(H,18,20). The second-order valence-electron chi connectivity index (χ2n) is 4.48. The van der Waals surface area contributed by atoms with Crippen molar-refractivity contribution >= 4 is 35.0 Å². The number of nitrogens with one attached hydrogen (secondary N) is 1. The normalized spacial score (nSPS) is 11.1. The van der Waals surface area contributed by atoms with E-state index in [-0.39, 0.29) is 5.82 Å². The van der Waals surface area contributed by atoms with Crippen LogP contribution in [0.25, 0.3) is 11.2 Å². The Bertz CT molecular complexity index is 807. The summed E-state index contributed by atoms with van der Waals surface area (Å²) in [5.74, 6) is -0.228. The molecule has 0 radical (unpaired) electrons. The molecule has 0 aliphatic carbocycles. The molecule has 0 bridgehead atoms. The zero-order chi connectivity index (χ0) is 14.1. The van der Waals surface area contributed by atoms with Gasteiger partial charge in [0.15, 0.2) is 10.4 Å².